The Balaban J connectivity index is 1.55. The number of nitriles is 1. The van der Waals surface area contributed by atoms with E-state index in [2.05, 4.69) is 49.0 Å². The minimum absolute atomic E-state index is 0.0625. The molecule has 1 saturated heterocycles. The molecule has 2 aliphatic heterocycles. The van der Waals surface area contributed by atoms with Crippen molar-refractivity contribution in [3.63, 3.8) is 0 Å². The van der Waals surface area contributed by atoms with Crippen LogP contribution in [-0.2, 0) is 4.74 Å². The van der Waals surface area contributed by atoms with Crippen LogP contribution in [0.2, 0.25) is 0 Å². The van der Waals surface area contributed by atoms with Gasteiger partial charge in [0.25, 0.3) is 0 Å². The first-order valence-corrected chi connectivity index (χ1v) is 12.0. The number of allylic oxidation sites excluding steroid dienone is 1. The Bertz CT molecular complexity index is 1150. The van der Waals surface area contributed by atoms with E-state index < -0.39 is 0 Å². The van der Waals surface area contributed by atoms with Crippen LogP contribution in [0.3, 0.4) is 0 Å². The molecular weight excluding hydrogens is 428 g/mol. The number of nitrogens with zero attached hydrogens (tertiary/aromatic N) is 1. The van der Waals surface area contributed by atoms with Gasteiger partial charge in [-0.25, -0.2) is 10.9 Å². The lowest BCUT2D eigenvalue weighted by Gasteiger charge is -2.36. The van der Waals surface area contributed by atoms with Crippen LogP contribution in [0.4, 0.5) is 0 Å². The summed E-state index contributed by atoms with van der Waals surface area (Å²) in [6.45, 7) is 4.20. The van der Waals surface area contributed by atoms with Crippen molar-refractivity contribution in [1.29, 1.82) is 5.26 Å². The summed E-state index contributed by atoms with van der Waals surface area (Å²) in [6, 6.07) is 14.7. The maximum atomic E-state index is 10.1. The van der Waals surface area contributed by atoms with Gasteiger partial charge in [0.15, 0.2) is 17.7 Å². The summed E-state index contributed by atoms with van der Waals surface area (Å²) < 4.78 is 17.9. The number of methoxy groups -OCH3 is 1. The van der Waals surface area contributed by atoms with Crippen molar-refractivity contribution in [2.45, 2.75) is 63.8 Å². The second-order valence-electron chi connectivity index (χ2n) is 9.54. The van der Waals surface area contributed by atoms with Crippen molar-refractivity contribution in [2.24, 2.45) is 11.7 Å². The number of benzene rings is 2. The van der Waals surface area contributed by atoms with Crippen molar-refractivity contribution in [1.82, 2.24) is 10.9 Å². The minimum atomic E-state index is -0.367. The van der Waals surface area contributed by atoms with Crippen LogP contribution in [0.1, 0.15) is 59.9 Å². The average Bonchev–Trinajstić information content (AvgIpc) is 3.48. The molecule has 0 aromatic heterocycles. The van der Waals surface area contributed by atoms with E-state index in [0.29, 0.717) is 11.3 Å². The van der Waals surface area contributed by atoms with E-state index in [0.717, 1.165) is 24.2 Å². The van der Waals surface area contributed by atoms with Gasteiger partial charge in [0.1, 0.15) is 6.07 Å². The van der Waals surface area contributed by atoms with Crippen LogP contribution >= 0.6 is 0 Å². The van der Waals surface area contributed by atoms with Crippen LogP contribution in [0.25, 0.3) is 0 Å². The lowest BCUT2D eigenvalue weighted by molar-refractivity contribution is 0.0340. The van der Waals surface area contributed by atoms with Crippen LogP contribution in [-0.4, -0.2) is 19.4 Å². The predicted molar refractivity (Wildman–Crippen MR) is 129 cm³/mol. The second kappa shape index (κ2) is 9.21. The molecule has 0 spiro atoms. The van der Waals surface area contributed by atoms with E-state index in [1.165, 1.54) is 29.5 Å². The van der Waals surface area contributed by atoms with Gasteiger partial charge in [-0.3, -0.25) is 0 Å². The monoisotopic (exact) mass is 460 g/mol. The minimum Gasteiger partial charge on any atom is -0.493 e. The lowest BCUT2D eigenvalue weighted by atomic mass is 9.73. The number of fused-ring (bicyclic) bond motifs is 1. The molecule has 2 heterocycles. The molecule has 2 aromatic carbocycles. The Labute approximate surface area is 200 Å². The second-order valence-corrected chi connectivity index (χ2v) is 9.54. The number of rotatable bonds is 5. The zero-order valence-electron chi connectivity index (χ0n) is 19.9. The molecule has 3 aliphatic rings. The highest BCUT2D eigenvalue weighted by atomic mass is 16.5. The highest BCUT2D eigenvalue weighted by molar-refractivity contribution is 5.50. The smallest absolute Gasteiger partial charge is 0.200 e. The van der Waals surface area contributed by atoms with E-state index in [1.54, 1.807) is 7.11 Å². The molecule has 7 nitrogen and oxygen atoms in total. The summed E-state index contributed by atoms with van der Waals surface area (Å²) in [5, 5.41) is 10.1. The van der Waals surface area contributed by atoms with Gasteiger partial charge in [-0.1, -0.05) is 29.8 Å². The van der Waals surface area contributed by atoms with Crippen LogP contribution in [0.5, 0.6) is 11.5 Å². The van der Waals surface area contributed by atoms with Crippen LogP contribution < -0.4 is 26.1 Å². The Morgan fingerprint density at radius 1 is 1.06 bits per heavy atom. The fourth-order valence-electron chi connectivity index (χ4n) is 5.69. The van der Waals surface area contributed by atoms with Gasteiger partial charge in [0.2, 0.25) is 5.88 Å². The fraction of sp³-hybridized carbons (Fsp3) is 0.444. The molecular formula is C27H32N4O3. The van der Waals surface area contributed by atoms with E-state index in [1.807, 2.05) is 18.2 Å². The average molecular weight is 461 g/mol. The molecule has 5 rings (SSSR count). The number of hydrazine groups is 1. The molecule has 34 heavy (non-hydrogen) atoms. The Hall–Kier alpha value is -3.21. The van der Waals surface area contributed by atoms with Gasteiger partial charge in [-0.05, 0) is 68.4 Å². The first-order chi connectivity index (χ1) is 16.5. The van der Waals surface area contributed by atoms with E-state index >= 15 is 0 Å². The molecule has 178 valence electrons. The van der Waals surface area contributed by atoms with E-state index in [9.17, 15) is 5.26 Å². The normalized spacial score (nSPS) is 26.6. The molecule has 4 atom stereocenters. The van der Waals surface area contributed by atoms with Crippen molar-refractivity contribution in [3.05, 3.63) is 70.1 Å². The zero-order chi connectivity index (χ0) is 23.8. The third-order valence-electron chi connectivity index (χ3n) is 7.35. The summed E-state index contributed by atoms with van der Waals surface area (Å²) in [4.78, 5) is 0. The first kappa shape index (κ1) is 22.6. The maximum absolute atomic E-state index is 10.1. The highest BCUT2D eigenvalue weighted by Crippen LogP contribution is 2.49. The quantitative estimate of drug-likeness (QED) is 0.614. The fourth-order valence-corrected chi connectivity index (χ4v) is 5.69. The van der Waals surface area contributed by atoms with Gasteiger partial charge in [-0.15, -0.1) is 0 Å². The van der Waals surface area contributed by atoms with Crippen LogP contribution in [0.15, 0.2) is 47.9 Å². The highest BCUT2D eigenvalue weighted by Gasteiger charge is 2.49. The van der Waals surface area contributed by atoms with Crippen molar-refractivity contribution >= 4 is 0 Å². The van der Waals surface area contributed by atoms with Crippen molar-refractivity contribution < 1.29 is 14.2 Å². The molecule has 1 aliphatic carbocycles. The van der Waals surface area contributed by atoms with Gasteiger partial charge in [0, 0.05) is 11.8 Å². The van der Waals surface area contributed by atoms with Gasteiger partial charge >= 0.3 is 0 Å². The summed E-state index contributed by atoms with van der Waals surface area (Å²) in [5.41, 5.74) is 17.9. The number of hydrogen-bond acceptors (Lipinski definition) is 7. The zero-order valence-corrected chi connectivity index (χ0v) is 19.9. The Morgan fingerprint density at radius 2 is 1.85 bits per heavy atom. The third-order valence-corrected chi connectivity index (χ3v) is 7.35. The van der Waals surface area contributed by atoms with Gasteiger partial charge in [0.05, 0.1) is 24.8 Å². The largest absolute Gasteiger partial charge is 0.493 e. The molecule has 4 N–H and O–H groups in total. The van der Waals surface area contributed by atoms with E-state index in [4.69, 9.17) is 19.9 Å². The van der Waals surface area contributed by atoms with Gasteiger partial charge in [-0.2, -0.15) is 5.26 Å². The molecule has 7 heteroatoms. The van der Waals surface area contributed by atoms with Crippen LogP contribution in [0, 0.1) is 31.1 Å². The number of aryl methyl sites for hydroxylation is 2. The predicted octanol–water partition coefficient (Wildman–Crippen LogP) is 4.23. The molecule has 0 amide bonds. The number of nitrogens with two attached hydrogens (primary N) is 1. The lowest BCUT2D eigenvalue weighted by Crippen LogP contribution is -2.41. The Morgan fingerprint density at radius 3 is 2.56 bits per heavy atom. The molecule has 4 unspecified atom stereocenters. The van der Waals surface area contributed by atoms with E-state index in [-0.39, 0.29) is 36.1 Å². The molecule has 2 aromatic rings. The van der Waals surface area contributed by atoms with Crippen molar-refractivity contribution in [2.75, 3.05) is 7.11 Å². The number of nitrogens with one attached hydrogen (secondary N) is 2. The Kier molecular flexibility index (Phi) is 6.11. The number of hydrogen-bond donors (Lipinski definition) is 3. The molecule has 0 bridgehead atoms. The summed E-state index contributed by atoms with van der Waals surface area (Å²) in [6.07, 6.45) is 4.41. The molecule has 1 saturated carbocycles. The first-order valence-electron chi connectivity index (χ1n) is 12.0. The number of ether oxygens (including phenoxy) is 3. The molecule has 2 fully saturated rings. The van der Waals surface area contributed by atoms with Crippen molar-refractivity contribution in [3.8, 4) is 17.6 Å². The third kappa shape index (κ3) is 3.97. The summed E-state index contributed by atoms with van der Waals surface area (Å²) >= 11 is 0. The standard InChI is InChI=1S/C27H32N4O3/c1-15-8-10-19(16(2)12-15)25-24-23(20(14-28)26(29)34-27(24)31-30-25)17-9-11-21(22(13-17)32-3)33-18-6-4-5-7-18/h8-13,18,23-25,27,30-31H,4-7,29H2,1-3H3. The summed E-state index contributed by atoms with van der Waals surface area (Å²) in [5.74, 6) is 1.21. The SMILES string of the molecule is COc1cc(C2C(C#N)=C(N)OC3NNC(c4ccc(C)cc4C)C32)ccc1OC1CCCC1. The summed E-state index contributed by atoms with van der Waals surface area (Å²) in [7, 11) is 1.65. The topological polar surface area (TPSA) is 102 Å². The molecule has 0 radical (unpaired) electrons. The van der Waals surface area contributed by atoms with Gasteiger partial charge < -0.3 is 19.9 Å². The maximum Gasteiger partial charge on any atom is 0.200 e.